The second kappa shape index (κ2) is 8.67. The van der Waals surface area contributed by atoms with E-state index in [1.807, 2.05) is 0 Å². The molecule has 0 unspecified atom stereocenters. The maximum Gasteiger partial charge on any atom is 0.326 e. The number of halogens is 2. The summed E-state index contributed by atoms with van der Waals surface area (Å²) in [5.41, 5.74) is -0.0748. The van der Waals surface area contributed by atoms with Gasteiger partial charge in [-0.3, -0.25) is 14.9 Å². The Morgan fingerprint density at radius 3 is 2.59 bits per heavy atom. The van der Waals surface area contributed by atoms with Gasteiger partial charge in [-0.2, -0.15) is 5.10 Å². The highest BCUT2D eigenvalue weighted by Gasteiger charge is 2.21. The monoisotopic (exact) mass is 452 g/mol. The van der Waals surface area contributed by atoms with Gasteiger partial charge in [0.1, 0.15) is 5.02 Å². The van der Waals surface area contributed by atoms with Crippen molar-refractivity contribution >= 4 is 45.2 Å². The first-order valence-electron chi connectivity index (χ1n) is 8.61. The van der Waals surface area contributed by atoms with Gasteiger partial charge in [-0.05, 0) is 40.9 Å². The predicted molar refractivity (Wildman–Crippen MR) is 106 cm³/mol. The molecule has 0 radical (unpaired) electrons. The number of hydrogen-bond acceptors (Lipinski definition) is 4. The standard InChI is InChI=1S/C18H18BrClN4O3/c19-13-9-5-4-8-12(13)16(25)23-18(27)22-14-10-21-24(17(26)15(14)20)11-6-2-1-3-7-11/h4-5,8-11H,1-3,6-7H2,(H2,22,23,25,27). The molecule has 2 N–H and O–H groups in total. The van der Waals surface area contributed by atoms with Gasteiger partial charge in [-0.15, -0.1) is 0 Å². The van der Waals surface area contributed by atoms with E-state index in [9.17, 15) is 14.4 Å². The fraction of sp³-hybridized carbons (Fsp3) is 0.333. The van der Waals surface area contributed by atoms with Crippen molar-refractivity contribution in [1.82, 2.24) is 15.1 Å². The van der Waals surface area contributed by atoms with Gasteiger partial charge in [0, 0.05) is 4.47 Å². The largest absolute Gasteiger partial charge is 0.326 e. The van der Waals surface area contributed by atoms with Crippen LogP contribution in [-0.2, 0) is 0 Å². The molecular formula is C18H18BrClN4O3. The molecule has 0 aliphatic heterocycles. The van der Waals surface area contributed by atoms with Gasteiger partial charge in [-0.25, -0.2) is 9.48 Å². The summed E-state index contributed by atoms with van der Waals surface area (Å²) >= 11 is 9.38. The van der Waals surface area contributed by atoms with Crippen molar-refractivity contribution in [2.24, 2.45) is 0 Å². The summed E-state index contributed by atoms with van der Waals surface area (Å²) in [7, 11) is 0. The van der Waals surface area contributed by atoms with Crippen molar-refractivity contribution in [2.75, 3.05) is 5.32 Å². The van der Waals surface area contributed by atoms with E-state index in [1.165, 1.54) is 10.9 Å². The number of imide groups is 1. The lowest BCUT2D eigenvalue weighted by Gasteiger charge is -2.23. The van der Waals surface area contributed by atoms with Gasteiger partial charge in [0.2, 0.25) is 0 Å². The quantitative estimate of drug-likeness (QED) is 0.731. The van der Waals surface area contributed by atoms with Crippen LogP contribution in [0.5, 0.6) is 0 Å². The Balaban J connectivity index is 1.71. The van der Waals surface area contributed by atoms with Crippen molar-refractivity contribution < 1.29 is 9.59 Å². The summed E-state index contributed by atoms with van der Waals surface area (Å²) in [5.74, 6) is -0.584. The van der Waals surface area contributed by atoms with E-state index >= 15 is 0 Å². The second-order valence-electron chi connectivity index (χ2n) is 6.30. The summed E-state index contributed by atoms with van der Waals surface area (Å²) in [6.45, 7) is 0. The highest BCUT2D eigenvalue weighted by Crippen LogP contribution is 2.27. The first-order chi connectivity index (χ1) is 13.0. The highest BCUT2D eigenvalue weighted by atomic mass is 79.9. The summed E-state index contributed by atoms with van der Waals surface area (Å²) in [4.78, 5) is 36.7. The van der Waals surface area contributed by atoms with E-state index in [4.69, 9.17) is 11.6 Å². The summed E-state index contributed by atoms with van der Waals surface area (Å²) in [6, 6.07) is 5.94. The zero-order valence-corrected chi connectivity index (χ0v) is 16.7. The number of urea groups is 1. The van der Waals surface area contributed by atoms with Crippen LogP contribution < -0.4 is 16.2 Å². The Morgan fingerprint density at radius 2 is 1.89 bits per heavy atom. The molecular weight excluding hydrogens is 436 g/mol. The number of carbonyl (C=O) groups is 2. The van der Waals surface area contributed by atoms with Crippen molar-refractivity contribution in [3.8, 4) is 0 Å². The molecule has 1 heterocycles. The smallest absolute Gasteiger partial charge is 0.305 e. The Morgan fingerprint density at radius 1 is 1.19 bits per heavy atom. The Hall–Kier alpha value is -2.19. The zero-order chi connectivity index (χ0) is 19.4. The lowest BCUT2D eigenvalue weighted by Crippen LogP contribution is -2.36. The summed E-state index contributed by atoms with van der Waals surface area (Å²) in [6.07, 6.45) is 6.37. The molecule has 142 valence electrons. The molecule has 9 heteroatoms. The molecule has 7 nitrogen and oxygen atoms in total. The third-order valence-electron chi connectivity index (χ3n) is 4.46. The van der Waals surface area contributed by atoms with Gasteiger partial charge >= 0.3 is 6.03 Å². The number of carbonyl (C=O) groups excluding carboxylic acids is 2. The van der Waals surface area contributed by atoms with Crippen LogP contribution in [0.3, 0.4) is 0 Å². The molecule has 3 rings (SSSR count). The molecule has 2 aromatic rings. The van der Waals surface area contributed by atoms with Crippen LogP contribution in [0.1, 0.15) is 48.5 Å². The van der Waals surface area contributed by atoms with Gasteiger partial charge < -0.3 is 5.32 Å². The molecule has 0 atom stereocenters. The Bertz CT molecular complexity index is 925. The number of nitrogens with one attached hydrogen (secondary N) is 2. The molecule has 1 aromatic carbocycles. The maximum absolute atomic E-state index is 12.5. The van der Waals surface area contributed by atoms with Crippen LogP contribution in [0.25, 0.3) is 0 Å². The minimum atomic E-state index is -0.797. The third-order valence-corrected chi connectivity index (χ3v) is 5.51. The van der Waals surface area contributed by atoms with E-state index < -0.39 is 17.5 Å². The number of anilines is 1. The molecule has 0 spiro atoms. The molecule has 1 aliphatic carbocycles. The van der Waals surface area contributed by atoms with Gasteiger partial charge in [0.25, 0.3) is 11.5 Å². The predicted octanol–water partition coefficient (Wildman–Crippen LogP) is 4.13. The number of aromatic nitrogens is 2. The van der Waals surface area contributed by atoms with Gasteiger partial charge in [0.05, 0.1) is 23.5 Å². The molecule has 1 aliphatic rings. The number of rotatable bonds is 3. The number of amides is 3. The fourth-order valence-corrected chi connectivity index (χ4v) is 3.73. The van der Waals surface area contributed by atoms with Crippen molar-refractivity contribution in [3.05, 3.63) is 55.9 Å². The van der Waals surface area contributed by atoms with Gasteiger partial charge in [0.15, 0.2) is 0 Å². The SMILES string of the molecule is O=C(NC(=O)c1ccccc1Br)Nc1cnn(C2CCCCC2)c(=O)c1Cl. The van der Waals surface area contributed by atoms with Crippen molar-refractivity contribution in [2.45, 2.75) is 38.1 Å². The first kappa shape index (κ1) is 19.6. The molecule has 0 saturated heterocycles. The summed E-state index contributed by atoms with van der Waals surface area (Å²) < 4.78 is 1.95. The average Bonchev–Trinajstić information content (AvgIpc) is 2.66. The Labute approximate surface area is 169 Å². The van der Waals surface area contributed by atoms with E-state index in [0.29, 0.717) is 10.0 Å². The van der Waals surface area contributed by atoms with E-state index in [1.54, 1.807) is 24.3 Å². The summed E-state index contributed by atoms with van der Waals surface area (Å²) in [5, 5.41) is 8.63. The lowest BCUT2D eigenvalue weighted by molar-refractivity contribution is 0.0966. The molecule has 3 amide bonds. The molecule has 27 heavy (non-hydrogen) atoms. The molecule has 1 saturated carbocycles. The average molecular weight is 454 g/mol. The lowest BCUT2D eigenvalue weighted by atomic mass is 9.96. The Kier molecular flexibility index (Phi) is 6.28. The number of nitrogens with zero attached hydrogens (tertiary/aromatic N) is 2. The maximum atomic E-state index is 12.5. The van der Waals surface area contributed by atoms with Crippen LogP contribution in [-0.4, -0.2) is 21.7 Å². The van der Waals surface area contributed by atoms with Crippen LogP contribution in [0, 0.1) is 0 Å². The third kappa shape index (κ3) is 4.56. The normalized spacial score (nSPS) is 14.6. The van der Waals surface area contributed by atoms with Crippen molar-refractivity contribution in [1.29, 1.82) is 0 Å². The fourth-order valence-electron chi connectivity index (χ4n) is 3.09. The van der Waals surface area contributed by atoms with Gasteiger partial charge in [-0.1, -0.05) is 43.0 Å². The van der Waals surface area contributed by atoms with Crippen LogP contribution in [0.4, 0.5) is 10.5 Å². The zero-order valence-electron chi connectivity index (χ0n) is 14.4. The molecule has 1 fully saturated rings. The van der Waals surface area contributed by atoms with E-state index in [0.717, 1.165) is 32.1 Å². The number of benzene rings is 1. The van der Waals surface area contributed by atoms with Crippen LogP contribution in [0.15, 0.2) is 39.7 Å². The first-order valence-corrected chi connectivity index (χ1v) is 9.78. The van der Waals surface area contributed by atoms with Crippen LogP contribution in [0.2, 0.25) is 5.02 Å². The van der Waals surface area contributed by atoms with E-state index in [-0.39, 0.29) is 16.8 Å². The second-order valence-corrected chi connectivity index (χ2v) is 7.53. The topological polar surface area (TPSA) is 93.1 Å². The minimum Gasteiger partial charge on any atom is -0.305 e. The molecule has 0 bridgehead atoms. The van der Waals surface area contributed by atoms with Crippen LogP contribution >= 0.6 is 27.5 Å². The van der Waals surface area contributed by atoms with Crippen molar-refractivity contribution in [3.63, 3.8) is 0 Å². The highest BCUT2D eigenvalue weighted by molar-refractivity contribution is 9.10. The minimum absolute atomic E-state index is 0.0311. The number of hydrogen-bond donors (Lipinski definition) is 2. The van der Waals surface area contributed by atoms with E-state index in [2.05, 4.69) is 31.7 Å². The molecule has 1 aromatic heterocycles.